The van der Waals surface area contributed by atoms with Crippen molar-refractivity contribution in [3.05, 3.63) is 41.5 Å². The Balaban J connectivity index is 3.10. The molecule has 0 aliphatic rings. The Bertz CT molecular complexity index is 504. The van der Waals surface area contributed by atoms with Gasteiger partial charge in [-0.25, -0.2) is 4.79 Å². The standard InChI is InChI=1S/C14H15NO3/c1-14(2,3)18-13(17)11(9-15)12(16)10-7-5-4-6-8-10/h4-8,16H,1-3H3. The third-order valence-electron chi connectivity index (χ3n) is 2.00. The summed E-state index contributed by atoms with van der Waals surface area (Å²) in [5.41, 5.74) is -0.702. The molecule has 1 aromatic rings. The summed E-state index contributed by atoms with van der Waals surface area (Å²) < 4.78 is 5.05. The Labute approximate surface area is 106 Å². The Morgan fingerprint density at radius 1 is 1.28 bits per heavy atom. The van der Waals surface area contributed by atoms with Crippen LogP contribution in [-0.2, 0) is 9.53 Å². The van der Waals surface area contributed by atoms with Gasteiger partial charge in [-0.15, -0.1) is 0 Å². The summed E-state index contributed by atoms with van der Waals surface area (Å²) in [6.45, 7) is 5.08. The summed E-state index contributed by atoms with van der Waals surface area (Å²) in [6, 6.07) is 10.1. The van der Waals surface area contributed by atoms with E-state index >= 15 is 0 Å². The molecular weight excluding hydrogens is 230 g/mol. The number of rotatable bonds is 2. The number of ether oxygens (including phenoxy) is 1. The molecule has 1 rings (SSSR count). The molecule has 0 aliphatic heterocycles. The average molecular weight is 245 g/mol. The zero-order valence-corrected chi connectivity index (χ0v) is 10.6. The van der Waals surface area contributed by atoms with Gasteiger partial charge in [0.2, 0.25) is 0 Å². The van der Waals surface area contributed by atoms with Crippen LogP contribution in [0.1, 0.15) is 26.3 Å². The molecule has 0 saturated carbocycles. The number of nitriles is 1. The molecule has 0 saturated heterocycles. The van der Waals surface area contributed by atoms with Crippen molar-refractivity contribution in [2.75, 3.05) is 0 Å². The molecule has 0 bridgehead atoms. The molecule has 4 heteroatoms. The van der Waals surface area contributed by atoms with Crippen LogP contribution in [0, 0.1) is 11.3 Å². The number of hydrogen-bond acceptors (Lipinski definition) is 4. The van der Waals surface area contributed by atoms with E-state index < -0.39 is 17.1 Å². The highest BCUT2D eigenvalue weighted by Crippen LogP contribution is 2.18. The van der Waals surface area contributed by atoms with Gasteiger partial charge in [0.05, 0.1) is 0 Å². The van der Waals surface area contributed by atoms with Gasteiger partial charge in [-0.1, -0.05) is 30.3 Å². The second kappa shape index (κ2) is 5.37. The Kier molecular flexibility index (Phi) is 4.11. The first-order chi connectivity index (χ1) is 8.35. The highest BCUT2D eigenvalue weighted by Gasteiger charge is 2.23. The van der Waals surface area contributed by atoms with Crippen molar-refractivity contribution in [1.29, 1.82) is 5.26 Å². The van der Waals surface area contributed by atoms with E-state index in [-0.39, 0.29) is 5.76 Å². The lowest BCUT2D eigenvalue weighted by atomic mass is 10.1. The van der Waals surface area contributed by atoms with Gasteiger partial charge in [0.15, 0.2) is 5.57 Å². The summed E-state index contributed by atoms with van der Waals surface area (Å²) in [4.78, 5) is 11.7. The zero-order chi connectivity index (χ0) is 13.8. The quantitative estimate of drug-likeness (QED) is 0.376. The van der Waals surface area contributed by atoms with Crippen LogP contribution < -0.4 is 0 Å². The molecule has 0 aliphatic carbocycles. The number of esters is 1. The van der Waals surface area contributed by atoms with Crippen molar-refractivity contribution in [3.63, 3.8) is 0 Å². The molecular formula is C14H15NO3. The van der Waals surface area contributed by atoms with Gasteiger partial charge in [0.1, 0.15) is 17.4 Å². The van der Waals surface area contributed by atoms with E-state index in [9.17, 15) is 9.90 Å². The maximum Gasteiger partial charge on any atom is 0.353 e. The van der Waals surface area contributed by atoms with Crippen molar-refractivity contribution in [3.8, 4) is 6.07 Å². The molecule has 4 nitrogen and oxygen atoms in total. The zero-order valence-electron chi connectivity index (χ0n) is 10.6. The van der Waals surface area contributed by atoms with Crippen LogP contribution >= 0.6 is 0 Å². The van der Waals surface area contributed by atoms with Crippen LogP contribution in [0.5, 0.6) is 0 Å². The molecule has 0 atom stereocenters. The number of hydrogen-bond donors (Lipinski definition) is 1. The van der Waals surface area contributed by atoms with E-state index in [2.05, 4.69) is 0 Å². The van der Waals surface area contributed by atoms with E-state index in [0.29, 0.717) is 5.56 Å². The monoisotopic (exact) mass is 245 g/mol. The first-order valence-electron chi connectivity index (χ1n) is 5.47. The number of benzene rings is 1. The van der Waals surface area contributed by atoms with Crippen LogP contribution in [0.4, 0.5) is 0 Å². The number of carbonyl (C=O) groups is 1. The maximum absolute atomic E-state index is 11.7. The molecule has 0 aromatic heterocycles. The van der Waals surface area contributed by atoms with Crippen molar-refractivity contribution < 1.29 is 14.6 Å². The predicted octanol–water partition coefficient (Wildman–Crippen LogP) is 2.82. The van der Waals surface area contributed by atoms with Gasteiger partial charge in [0, 0.05) is 5.56 Å². The highest BCUT2D eigenvalue weighted by atomic mass is 16.6. The number of aliphatic hydroxyl groups excluding tert-OH is 1. The van der Waals surface area contributed by atoms with E-state index in [0.717, 1.165) is 0 Å². The number of carbonyl (C=O) groups excluding carboxylic acids is 1. The lowest BCUT2D eigenvalue weighted by molar-refractivity contribution is -0.149. The minimum absolute atomic E-state index is 0.368. The number of nitrogens with zero attached hydrogens (tertiary/aromatic N) is 1. The molecule has 0 radical (unpaired) electrons. The second-order valence-corrected chi connectivity index (χ2v) is 4.70. The van der Waals surface area contributed by atoms with E-state index in [1.807, 2.05) is 0 Å². The summed E-state index contributed by atoms with van der Waals surface area (Å²) in [5, 5.41) is 18.9. The van der Waals surface area contributed by atoms with E-state index in [1.165, 1.54) is 0 Å². The summed E-state index contributed by atoms with van der Waals surface area (Å²) in [5.74, 6) is -1.20. The predicted molar refractivity (Wildman–Crippen MR) is 67.4 cm³/mol. The van der Waals surface area contributed by atoms with Gasteiger partial charge < -0.3 is 9.84 Å². The largest absolute Gasteiger partial charge is 0.506 e. The van der Waals surface area contributed by atoms with Gasteiger partial charge in [-0.2, -0.15) is 5.26 Å². The smallest absolute Gasteiger partial charge is 0.353 e. The van der Waals surface area contributed by atoms with Crippen LogP contribution in [0.25, 0.3) is 5.76 Å². The van der Waals surface area contributed by atoms with Gasteiger partial charge >= 0.3 is 5.97 Å². The third kappa shape index (κ3) is 3.63. The van der Waals surface area contributed by atoms with Crippen molar-refractivity contribution in [2.24, 2.45) is 0 Å². The first-order valence-corrected chi connectivity index (χ1v) is 5.47. The highest BCUT2D eigenvalue weighted by molar-refractivity contribution is 6.00. The molecule has 0 fully saturated rings. The first kappa shape index (κ1) is 13.8. The summed E-state index contributed by atoms with van der Waals surface area (Å²) in [6.07, 6.45) is 0. The topological polar surface area (TPSA) is 70.3 Å². The third-order valence-corrected chi connectivity index (χ3v) is 2.00. The lowest BCUT2D eigenvalue weighted by Crippen LogP contribution is -2.25. The Morgan fingerprint density at radius 2 is 1.83 bits per heavy atom. The van der Waals surface area contributed by atoms with Crippen molar-refractivity contribution >= 4 is 11.7 Å². The fourth-order valence-electron chi connectivity index (χ4n) is 1.26. The SMILES string of the molecule is CC(C)(C)OC(=O)C(C#N)=C(O)c1ccccc1. The van der Waals surface area contributed by atoms with E-state index in [4.69, 9.17) is 10.00 Å². The molecule has 18 heavy (non-hydrogen) atoms. The molecule has 1 N–H and O–H groups in total. The number of aliphatic hydroxyl groups is 1. The van der Waals surface area contributed by atoms with E-state index in [1.54, 1.807) is 57.2 Å². The lowest BCUT2D eigenvalue weighted by Gasteiger charge is -2.19. The fourth-order valence-corrected chi connectivity index (χ4v) is 1.26. The van der Waals surface area contributed by atoms with Gasteiger partial charge in [-0.3, -0.25) is 0 Å². The molecule has 1 aromatic carbocycles. The molecule has 0 heterocycles. The van der Waals surface area contributed by atoms with Crippen LogP contribution in [-0.4, -0.2) is 16.7 Å². The average Bonchev–Trinajstić information content (AvgIpc) is 2.28. The van der Waals surface area contributed by atoms with Crippen LogP contribution in [0.15, 0.2) is 35.9 Å². The Morgan fingerprint density at radius 3 is 2.28 bits per heavy atom. The van der Waals surface area contributed by atoms with Crippen LogP contribution in [0.2, 0.25) is 0 Å². The van der Waals surface area contributed by atoms with Crippen molar-refractivity contribution in [1.82, 2.24) is 0 Å². The molecule has 0 unspecified atom stereocenters. The Hall–Kier alpha value is -2.28. The molecule has 94 valence electrons. The minimum Gasteiger partial charge on any atom is -0.506 e. The molecule has 0 amide bonds. The van der Waals surface area contributed by atoms with Gasteiger partial charge in [0.25, 0.3) is 0 Å². The molecule has 0 spiro atoms. The summed E-state index contributed by atoms with van der Waals surface area (Å²) in [7, 11) is 0. The van der Waals surface area contributed by atoms with Crippen LogP contribution in [0.3, 0.4) is 0 Å². The maximum atomic E-state index is 11.7. The second-order valence-electron chi connectivity index (χ2n) is 4.70. The summed E-state index contributed by atoms with van der Waals surface area (Å²) >= 11 is 0. The van der Waals surface area contributed by atoms with Crippen molar-refractivity contribution in [2.45, 2.75) is 26.4 Å². The fraction of sp³-hybridized carbons (Fsp3) is 0.286. The minimum atomic E-state index is -0.827. The van der Waals surface area contributed by atoms with Gasteiger partial charge in [-0.05, 0) is 20.8 Å². The normalized spacial score (nSPS) is 12.3.